The quantitative estimate of drug-likeness (QED) is 0.496. The predicted octanol–water partition coefficient (Wildman–Crippen LogP) is 5.27. The maximum atomic E-state index is 6.23. The van der Waals surface area contributed by atoms with E-state index < -0.39 is 0 Å². The van der Waals surface area contributed by atoms with Crippen LogP contribution in [-0.4, -0.2) is 9.97 Å². The van der Waals surface area contributed by atoms with Gasteiger partial charge in [0, 0.05) is 17.0 Å². The first-order valence-corrected chi connectivity index (χ1v) is 8.83. The Bertz CT molecular complexity index is 1080. The lowest BCUT2D eigenvalue weighted by Gasteiger charge is -2.13. The van der Waals surface area contributed by atoms with Crippen molar-refractivity contribution in [1.82, 2.24) is 9.97 Å². The molecule has 0 radical (unpaired) electrons. The minimum atomic E-state index is 0.319. The molecule has 0 aliphatic carbocycles. The molecule has 0 spiro atoms. The lowest BCUT2D eigenvalue weighted by Crippen LogP contribution is -2.06. The molecule has 0 atom stereocenters. The molecule has 27 heavy (non-hydrogen) atoms. The van der Waals surface area contributed by atoms with Gasteiger partial charge in [-0.25, -0.2) is 4.98 Å². The lowest BCUT2D eigenvalue weighted by molar-refractivity contribution is 0.470. The second-order valence-corrected chi connectivity index (χ2v) is 6.44. The molecule has 1 aromatic heterocycles. The summed E-state index contributed by atoms with van der Waals surface area (Å²) in [5.74, 6) is 1.54. The van der Waals surface area contributed by atoms with Gasteiger partial charge in [0.15, 0.2) is 5.82 Å². The van der Waals surface area contributed by atoms with Gasteiger partial charge in [-0.1, -0.05) is 60.1 Å². The standard InChI is InChI=1S/C21H17ClN4O/c22-16-10-8-14(9-11-16)12-24-20-19(23)21(26-13-25-20)27-18-7-3-5-15-4-1-2-6-17(15)18/h1-11,13H,12,23H2,(H,24,25,26). The van der Waals surface area contributed by atoms with Gasteiger partial charge in [0.1, 0.15) is 17.8 Å². The Morgan fingerprint density at radius 3 is 2.56 bits per heavy atom. The van der Waals surface area contributed by atoms with Crippen molar-refractivity contribution in [3.8, 4) is 11.6 Å². The third-order valence-electron chi connectivity index (χ3n) is 4.18. The number of nitrogens with one attached hydrogen (secondary N) is 1. The Balaban J connectivity index is 1.57. The maximum Gasteiger partial charge on any atom is 0.248 e. The molecular formula is C21H17ClN4O. The smallest absolute Gasteiger partial charge is 0.248 e. The number of hydrogen-bond acceptors (Lipinski definition) is 5. The van der Waals surface area contributed by atoms with Crippen molar-refractivity contribution in [2.24, 2.45) is 0 Å². The maximum absolute atomic E-state index is 6.23. The normalized spacial score (nSPS) is 10.7. The van der Waals surface area contributed by atoms with Crippen molar-refractivity contribution in [2.45, 2.75) is 6.54 Å². The van der Waals surface area contributed by atoms with E-state index >= 15 is 0 Å². The van der Waals surface area contributed by atoms with Gasteiger partial charge in [0.25, 0.3) is 0 Å². The largest absolute Gasteiger partial charge is 0.436 e. The van der Waals surface area contributed by atoms with Gasteiger partial charge in [-0.3, -0.25) is 0 Å². The van der Waals surface area contributed by atoms with Crippen LogP contribution in [0.5, 0.6) is 11.6 Å². The van der Waals surface area contributed by atoms with Gasteiger partial charge < -0.3 is 15.8 Å². The van der Waals surface area contributed by atoms with E-state index in [1.54, 1.807) is 0 Å². The third-order valence-corrected chi connectivity index (χ3v) is 4.43. The van der Waals surface area contributed by atoms with E-state index in [0.717, 1.165) is 16.3 Å². The monoisotopic (exact) mass is 376 g/mol. The highest BCUT2D eigenvalue weighted by molar-refractivity contribution is 6.30. The number of anilines is 2. The molecule has 3 aromatic carbocycles. The zero-order valence-electron chi connectivity index (χ0n) is 14.4. The Labute approximate surface area is 161 Å². The summed E-state index contributed by atoms with van der Waals surface area (Å²) in [6.07, 6.45) is 1.43. The number of halogens is 1. The number of nitrogen functional groups attached to an aromatic ring is 1. The summed E-state index contributed by atoms with van der Waals surface area (Å²) in [5, 5.41) is 5.99. The van der Waals surface area contributed by atoms with Crippen LogP contribution in [0.3, 0.4) is 0 Å². The van der Waals surface area contributed by atoms with Crippen LogP contribution < -0.4 is 15.8 Å². The van der Waals surface area contributed by atoms with E-state index in [-0.39, 0.29) is 0 Å². The zero-order chi connectivity index (χ0) is 18.6. The van der Waals surface area contributed by atoms with Crippen molar-refractivity contribution in [2.75, 3.05) is 11.1 Å². The summed E-state index contributed by atoms with van der Waals surface area (Å²) < 4.78 is 6.00. The van der Waals surface area contributed by atoms with Crippen molar-refractivity contribution in [1.29, 1.82) is 0 Å². The first kappa shape index (κ1) is 17.1. The Kier molecular flexibility index (Phi) is 4.77. The van der Waals surface area contributed by atoms with Crippen molar-refractivity contribution < 1.29 is 4.74 Å². The molecule has 6 heteroatoms. The highest BCUT2D eigenvalue weighted by atomic mass is 35.5. The van der Waals surface area contributed by atoms with Crippen LogP contribution in [0.25, 0.3) is 10.8 Å². The van der Waals surface area contributed by atoms with Crippen molar-refractivity contribution in [3.05, 3.63) is 83.6 Å². The van der Waals surface area contributed by atoms with E-state index in [1.807, 2.05) is 66.7 Å². The summed E-state index contributed by atoms with van der Waals surface area (Å²) in [4.78, 5) is 8.41. The fourth-order valence-corrected chi connectivity index (χ4v) is 2.90. The molecule has 0 aliphatic rings. The first-order valence-electron chi connectivity index (χ1n) is 8.45. The lowest BCUT2D eigenvalue weighted by atomic mass is 10.1. The number of nitrogens with two attached hydrogens (primary N) is 1. The summed E-state index contributed by atoms with van der Waals surface area (Å²) in [6, 6.07) is 21.4. The number of hydrogen-bond donors (Lipinski definition) is 2. The van der Waals surface area contributed by atoms with Crippen LogP contribution in [0, 0.1) is 0 Å². The second kappa shape index (κ2) is 7.51. The molecule has 4 rings (SSSR count). The summed E-state index contributed by atoms with van der Waals surface area (Å²) >= 11 is 5.92. The molecule has 0 amide bonds. The van der Waals surface area contributed by atoms with Crippen LogP contribution in [-0.2, 0) is 6.54 Å². The molecule has 0 saturated heterocycles. The van der Waals surface area contributed by atoms with E-state index in [2.05, 4.69) is 15.3 Å². The summed E-state index contributed by atoms with van der Waals surface area (Å²) in [7, 11) is 0. The average Bonchev–Trinajstić information content (AvgIpc) is 2.70. The van der Waals surface area contributed by atoms with Gasteiger partial charge >= 0.3 is 0 Å². The minimum Gasteiger partial charge on any atom is -0.436 e. The Hall–Kier alpha value is -3.31. The fourth-order valence-electron chi connectivity index (χ4n) is 2.78. The molecule has 0 aliphatic heterocycles. The predicted molar refractivity (Wildman–Crippen MR) is 109 cm³/mol. The molecule has 134 valence electrons. The number of ether oxygens (including phenoxy) is 1. The van der Waals surface area contributed by atoms with Gasteiger partial charge in [-0.2, -0.15) is 4.98 Å². The number of rotatable bonds is 5. The number of fused-ring (bicyclic) bond motifs is 1. The average molecular weight is 377 g/mol. The zero-order valence-corrected chi connectivity index (χ0v) is 15.1. The molecule has 0 unspecified atom stereocenters. The number of benzene rings is 3. The van der Waals surface area contributed by atoms with E-state index in [4.69, 9.17) is 22.1 Å². The summed E-state index contributed by atoms with van der Waals surface area (Å²) in [6.45, 7) is 0.562. The number of aromatic nitrogens is 2. The molecule has 4 aromatic rings. The first-order chi connectivity index (χ1) is 13.2. The van der Waals surface area contributed by atoms with Crippen molar-refractivity contribution in [3.63, 3.8) is 0 Å². The summed E-state index contributed by atoms with van der Waals surface area (Å²) in [5.41, 5.74) is 7.65. The van der Waals surface area contributed by atoms with E-state index in [0.29, 0.717) is 34.7 Å². The van der Waals surface area contributed by atoms with Gasteiger partial charge in [0.2, 0.25) is 5.88 Å². The van der Waals surface area contributed by atoms with Crippen LogP contribution in [0.2, 0.25) is 5.02 Å². The molecule has 0 fully saturated rings. The van der Waals surface area contributed by atoms with Crippen molar-refractivity contribution >= 4 is 33.9 Å². The van der Waals surface area contributed by atoms with Crippen LogP contribution in [0.1, 0.15) is 5.56 Å². The second-order valence-electron chi connectivity index (χ2n) is 6.00. The van der Waals surface area contributed by atoms with E-state index in [9.17, 15) is 0 Å². The SMILES string of the molecule is Nc1c(NCc2ccc(Cl)cc2)ncnc1Oc1cccc2ccccc12. The molecular weight excluding hydrogens is 360 g/mol. The third kappa shape index (κ3) is 3.78. The molecule has 0 saturated carbocycles. The van der Waals surface area contributed by atoms with Gasteiger partial charge in [-0.15, -0.1) is 0 Å². The van der Waals surface area contributed by atoms with Crippen LogP contribution in [0.4, 0.5) is 11.5 Å². The Morgan fingerprint density at radius 1 is 0.926 bits per heavy atom. The number of nitrogens with zero attached hydrogens (tertiary/aromatic N) is 2. The van der Waals surface area contributed by atoms with Gasteiger partial charge in [0.05, 0.1) is 0 Å². The van der Waals surface area contributed by atoms with E-state index in [1.165, 1.54) is 6.33 Å². The molecule has 3 N–H and O–H groups in total. The molecule has 0 bridgehead atoms. The van der Waals surface area contributed by atoms with Crippen LogP contribution >= 0.6 is 11.6 Å². The van der Waals surface area contributed by atoms with Gasteiger partial charge in [-0.05, 0) is 29.1 Å². The van der Waals surface area contributed by atoms with Crippen LogP contribution in [0.15, 0.2) is 73.1 Å². The molecule has 5 nitrogen and oxygen atoms in total. The molecule has 1 heterocycles. The highest BCUT2D eigenvalue weighted by Crippen LogP contribution is 2.33. The fraction of sp³-hybridized carbons (Fsp3) is 0.0476. The Morgan fingerprint density at radius 2 is 1.70 bits per heavy atom. The highest BCUT2D eigenvalue weighted by Gasteiger charge is 2.12. The minimum absolute atomic E-state index is 0.319. The topological polar surface area (TPSA) is 73.1 Å².